The van der Waals surface area contributed by atoms with E-state index in [1.807, 2.05) is 30.5 Å². The molecule has 0 saturated heterocycles. The molecule has 3 aromatic rings. The molecule has 0 bridgehead atoms. The normalized spacial score (nSPS) is 14.1. The third kappa shape index (κ3) is 8.57. The minimum Gasteiger partial charge on any atom is -0.480 e. The number of carbonyl (C=O) groups is 4. The largest absolute Gasteiger partial charge is 0.480 e. The number of aromatic nitrogens is 1. The van der Waals surface area contributed by atoms with Crippen LogP contribution in [0.2, 0.25) is 0 Å². The van der Waals surface area contributed by atoms with Crippen molar-refractivity contribution in [2.75, 3.05) is 18.6 Å². The number of aliphatic hydroxyl groups excluding tert-OH is 1. The summed E-state index contributed by atoms with van der Waals surface area (Å²) in [7, 11) is 0. The summed E-state index contributed by atoms with van der Waals surface area (Å²) in [5, 5.41) is 27.2. The number of carbonyl (C=O) groups excluding carboxylic acids is 3. The van der Waals surface area contributed by atoms with Gasteiger partial charge in [-0.05, 0) is 42.0 Å². The molecule has 1 heterocycles. The van der Waals surface area contributed by atoms with E-state index in [2.05, 4.69) is 20.9 Å². The monoisotopic (exact) mass is 569 g/mol. The standard InChI is InChI=1S/C28H35N5O6S/c1-40-12-11-22(31-25(35)20(29)14-18-15-30-21-10-6-5-9-19(18)21)26(36)32-23(13-17-7-3-2-4-8-17)27(37)33-24(16-34)28(38)39/h2-10,15,20,22-24,30,34H,11-14,16,29H2,1H3,(H,31,35)(H,32,36)(H,33,37)(H,38,39). The number of rotatable bonds is 15. The van der Waals surface area contributed by atoms with Crippen molar-refractivity contribution in [3.05, 3.63) is 71.9 Å². The minimum atomic E-state index is -1.53. The van der Waals surface area contributed by atoms with Gasteiger partial charge in [0.25, 0.3) is 0 Å². The van der Waals surface area contributed by atoms with Crippen LogP contribution in [0, 0.1) is 0 Å². The summed E-state index contributed by atoms with van der Waals surface area (Å²) in [6, 6.07) is 12.0. The van der Waals surface area contributed by atoms with Gasteiger partial charge in [0.1, 0.15) is 18.1 Å². The second kappa shape index (κ2) is 15.1. The molecule has 12 heteroatoms. The van der Waals surface area contributed by atoms with Crippen LogP contribution in [-0.4, -0.2) is 81.7 Å². The van der Waals surface area contributed by atoms with Crippen LogP contribution in [0.4, 0.5) is 0 Å². The number of fused-ring (bicyclic) bond motifs is 1. The number of aromatic amines is 1. The zero-order valence-electron chi connectivity index (χ0n) is 22.1. The van der Waals surface area contributed by atoms with Crippen LogP contribution in [0.25, 0.3) is 10.9 Å². The molecule has 0 radical (unpaired) electrons. The van der Waals surface area contributed by atoms with Crippen molar-refractivity contribution in [3.63, 3.8) is 0 Å². The molecule has 1 aromatic heterocycles. The summed E-state index contributed by atoms with van der Waals surface area (Å²) >= 11 is 1.49. The molecule has 214 valence electrons. The van der Waals surface area contributed by atoms with Crippen LogP contribution in [-0.2, 0) is 32.0 Å². The van der Waals surface area contributed by atoms with Gasteiger partial charge in [0.2, 0.25) is 17.7 Å². The Labute approximate surface area is 236 Å². The van der Waals surface area contributed by atoms with E-state index in [0.29, 0.717) is 5.75 Å². The van der Waals surface area contributed by atoms with E-state index in [-0.39, 0.29) is 19.3 Å². The molecular weight excluding hydrogens is 534 g/mol. The molecule has 3 amide bonds. The lowest BCUT2D eigenvalue weighted by Crippen LogP contribution is -2.58. The van der Waals surface area contributed by atoms with Crippen LogP contribution in [0.15, 0.2) is 60.8 Å². The molecular formula is C28H35N5O6S. The molecule has 40 heavy (non-hydrogen) atoms. The molecule has 0 aliphatic rings. The SMILES string of the molecule is CSCCC(NC(=O)C(N)Cc1c[nH]c2ccccc12)C(=O)NC(Cc1ccccc1)C(=O)NC(CO)C(=O)O. The summed E-state index contributed by atoms with van der Waals surface area (Å²) in [5.41, 5.74) is 8.75. The highest BCUT2D eigenvalue weighted by atomic mass is 32.2. The van der Waals surface area contributed by atoms with E-state index < -0.39 is 54.5 Å². The maximum atomic E-state index is 13.4. The van der Waals surface area contributed by atoms with E-state index >= 15 is 0 Å². The van der Waals surface area contributed by atoms with Gasteiger partial charge >= 0.3 is 5.97 Å². The molecule has 2 aromatic carbocycles. The first-order valence-electron chi connectivity index (χ1n) is 12.8. The number of hydrogen-bond donors (Lipinski definition) is 7. The lowest BCUT2D eigenvalue weighted by molar-refractivity contribution is -0.143. The maximum absolute atomic E-state index is 13.4. The third-order valence-corrected chi connectivity index (χ3v) is 7.05. The molecule has 0 aliphatic carbocycles. The number of hydrogen-bond acceptors (Lipinski definition) is 7. The fourth-order valence-corrected chi connectivity index (χ4v) is 4.67. The number of para-hydroxylation sites is 1. The van der Waals surface area contributed by atoms with Crippen LogP contribution in [0.1, 0.15) is 17.5 Å². The fourth-order valence-electron chi connectivity index (χ4n) is 4.20. The van der Waals surface area contributed by atoms with Crippen molar-refractivity contribution >= 4 is 46.4 Å². The number of aliphatic hydroxyl groups is 1. The first kappa shape index (κ1) is 30.7. The maximum Gasteiger partial charge on any atom is 0.328 e. The summed E-state index contributed by atoms with van der Waals surface area (Å²) in [6.45, 7) is -0.812. The zero-order chi connectivity index (χ0) is 29.1. The van der Waals surface area contributed by atoms with E-state index in [1.54, 1.807) is 36.5 Å². The van der Waals surface area contributed by atoms with Crippen molar-refractivity contribution in [1.82, 2.24) is 20.9 Å². The van der Waals surface area contributed by atoms with Crippen LogP contribution < -0.4 is 21.7 Å². The second-order valence-corrected chi connectivity index (χ2v) is 10.3. The average Bonchev–Trinajstić information content (AvgIpc) is 3.36. The highest BCUT2D eigenvalue weighted by molar-refractivity contribution is 7.98. The minimum absolute atomic E-state index is 0.0689. The molecule has 3 rings (SSSR count). The third-order valence-electron chi connectivity index (χ3n) is 6.41. The van der Waals surface area contributed by atoms with Crippen molar-refractivity contribution in [1.29, 1.82) is 0 Å². The Balaban J connectivity index is 1.73. The molecule has 11 nitrogen and oxygen atoms in total. The van der Waals surface area contributed by atoms with Gasteiger partial charge in [-0.2, -0.15) is 11.8 Å². The number of nitrogens with two attached hydrogens (primary N) is 1. The average molecular weight is 570 g/mol. The van der Waals surface area contributed by atoms with Crippen LogP contribution in [0.5, 0.6) is 0 Å². The number of H-pyrrole nitrogens is 1. The Morgan fingerprint density at radius 1 is 0.875 bits per heavy atom. The topological polar surface area (TPSA) is 187 Å². The highest BCUT2D eigenvalue weighted by Crippen LogP contribution is 2.19. The van der Waals surface area contributed by atoms with Crippen molar-refractivity contribution in [2.45, 2.75) is 43.4 Å². The first-order chi connectivity index (χ1) is 19.2. The van der Waals surface area contributed by atoms with Gasteiger partial charge in [0.15, 0.2) is 0 Å². The fraction of sp³-hybridized carbons (Fsp3) is 0.357. The Hall–Kier alpha value is -3.87. The Morgan fingerprint density at radius 3 is 2.17 bits per heavy atom. The second-order valence-electron chi connectivity index (χ2n) is 9.35. The molecule has 0 spiro atoms. The predicted molar refractivity (Wildman–Crippen MR) is 154 cm³/mol. The number of carboxylic acids is 1. The first-order valence-corrected chi connectivity index (χ1v) is 14.2. The van der Waals surface area contributed by atoms with Gasteiger partial charge in [-0.1, -0.05) is 48.5 Å². The van der Waals surface area contributed by atoms with Gasteiger partial charge in [-0.25, -0.2) is 4.79 Å². The quantitative estimate of drug-likeness (QED) is 0.138. The van der Waals surface area contributed by atoms with E-state index in [4.69, 9.17) is 5.73 Å². The van der Waals surface area contributed by atoms with Crippen LogP contribution >= 0.6 is 11.8 Å². The van der Waals surface area contributed by atoms with Crippen molar-refractivity contribution in [2.24, 2.45) is 5.73 Å². The molecule has 0 aliphatic heterocycles. The lowest BCUT2D eigenvalue weighted by Gasteiger charge is -2.25. The number of benzene rings is 2. The molecule has 4 atom stereocenters. The molecule has 0 fully saturated rings. The summed E-state index contributed by atoms with van der Waals surface area (Å²) in [4.78, 5) is 53.9. The van der Waals surface area contributed by atoms with Crippen molar-refractivity contribution in [3.8, 4) is 0 Å². The summed E-state index contributed by atoms with van der Waals surface area (Å²) in [5.74, 6) is -2.74. The van der Waals surface area contributed by atoms with Gasteiger partial charge in [-0.15, -0.1) is 0 Å². The van der Waals surface area contributed by atoms with E-state index in [0.717, 1.165) is 22.0 Å². The number of amides is 3. The molecule has 4 unspecified atom stereocenters. The van der Waals surface area contributed by atoms with Gasteiger partial charge < -0.3 is 36.9 Å². The number of aliphatic carboxylic acids is 1. The smallest absolute Gasteiger partial charge is 0.328 e. The summed E-state index contributed by atoms with van der Waals surface area (Å²) in [6.07, 6.45) is 4.28. The lowest BCUT2D eigenvalue weighted by atomic mass is 10.0. The predicted octanol–water partition coefficient (Wildman–Crippen LogP) is 0.565. The number of nitrogens with one attached hydrogen (secondary N) is 4. The van der Waals surface area contributed by atoms with Gasteiger partial charge in [-0.3, -0.25) is 14.4 Å². The Morgan fingerprint density at radius 2 is 1.50 bits per heavy atom. The summed E-state index contributed by atoms with van der Waals surface area (Å²) < 4.78 is 0. The number of carboxylic acid groups (broad SMARTS) is 1. The highest BCUT2D eigenvalue weighted by Gasteiger charge is 2.30. The number of thioether (sulfide) groups is 1. The molecule has 0 saturated carbocycles. The zero-order valence-corrected chi connectivity index (χ0v) is 22.9. The van der Waals surface area contributed by atoms with E-state index in [9.17, 15) is 29.4 Å². The molecule has 8 N–H and O–H groups in total. The Kier molecular flexibility index (Phi) is 11.5. The van der Waals surface area contributed by atoms with E-state index in [1.165, 1.54) is 11.8 Å². The van der Waals surface area contributed by atoms with Crippen molar-refractivity contribution < 1.29 is 29.4 Å². The van der Waals surface area contributed by atoms with Crippen LogP contribution in [0.3, 0.4) is 0 Å². The Bertz CT molecular complexity index is 1300. The van der Waals surface area contributed by atoms with Gasteiger partial charge in [0.05, 0.1) is 12.6 Å². The van der Waals surface area contributed by atoms with Gasteiger partial charge in [0, 0.05) is 23.5 Å².